The van der Waals surface area contributed by atoms with Crippen LogP contribution in [0.2, 0.25) is 0 Å². The minimum absolute atomic E-state index is 0.0448. The van der Waals surface area contributed by atoms with Crippen molar-refractivity contribution in [3.8, 4) is 17.3 Å². The lowest BCUT2D eigenvalue weighted by molar-refractivity contribution is 0.108. The largest absolute Gasteiger partial charge is 0.461 e. The first kappa shape index (κ1) is 24.2. The zero-order valence-corrected chi connectivity index (χ0v) is 22.7. The summed E-state index contributed by atoms with van der Waals surface area (Å²) >= 11 is 0. The van der Waals surface area contributed by atoms with Crippen LogP contribution in [0.4, 0.5) is 16.0 Å². The molecule has 4 aromatic heterocycles. The Morgan fingerprint density at radius 2 is 1.85 bits per heavy atom. The van der Waals surface area contributed by atoms with Gasteiger partial charge in [0.15, 0.2) is 5.82 Å². The summed E-state index contributed by atoms with van der Waals surface area (Å²) in [7, 11) is 1.91. The molecule has 2 unspecified atom stereocenters. The van der Waals surface area contributed by atoms with Gasteiger partial charge in [-0.15, -0.1) is 0 Å². The third-order valence-electron chi connectivity index (χ3n) is 9.55. The van der Waals surface area contributed by atoms with Gasteiger partial charge in [0.2, 0.25) is 0 Å². The summed E-state index contributed by atoms with van der Waals surface area (Å²) in [5, 5.41) is 4.28. The molecule has 8 heterocycles. The molecule has 8 rings (SSSR count). The van der Waals surface area contributed by atoms with Gasteiger partial charge in [0, 0.05) is 50.2 Å². The van der Waals surface area contributed by atoms with Gasteiger partial charge in [0.05, 0.1) is 16.4 Å². The Labute approximate surface area is 231 Å². The summed E-state index contributed by atoms with van der Waals surface area (Å²) in [6.45, 7) is 4.39. The molecule has 0 amide bonds. The van der Waals surface area contributed by atoms with Crippen molar-refractivity contribution in [2.75, 3.05) is 43.4 Å². The molecule has 208 valence electrons. The van der Waals surface area contributed by atoms with E-state index in [0.29, 0.717) is 46.8 Å². The van der Waals surface area contributed by atoms with Crippen LogP contribution in [-0.2, 0) is 7.05 Å². The van der Waals surface area contributed by atoms with Crippen LogP contribution >= 0.6 is 0 Å². The number of nitrogens with one attached hydrogen (secondary N) is 1. The fourth-order valence-electron chi connectivity index (χ4n) is 7.59. The molecule has 2 bridgehead atoms. The van der Waals surface area contributed by atoms with Crippen LogP contribution in [0.15, 0.2) is 24.5 Å². The van der Waals surface area contributed by atoms with Crippen LogP contribution in [-0.4, -0.2) is 79.8 Å². The van der Waals surface area contributed by atoms with Gasteiger partial charge in [-0.05, 0) is 63.7 Å². The van der Waals surface area contributed by atoms with Crippen LogP contribution in [0.1, 0.15) is 38.5 Å². The number of nitrogens with zero attached hydrogens (tertiary/aromatic N) is 7. The fourth-order valence-corrected chi connectivity index (χ4v) is 7.59. The molecule has 40 heavy (non-hydrogen) atoms. The van der Waals surface area contributed by atoms with E-state index in [-0.39, 0.29) is 22.8 Å². The van der Waals surface area contributed by atoms with Gasteiger partial charge in [0.1, 0.15) is 35.0 Å². The van der Waals surface area contributed by atoms with Crippen LogP contribution in [0.5, 0.6) is 6.01 Å². The number of anilines is 2. The molecule has 0 saturated carbocycles. The Morgan fingerprint density at radius 1 is 1.07 bits per heavy atom. The average Bonchev–Trinajstić information content (AvgIpc) is 3.70. The second-order valence-corrected chi connectivity index (χ2v) is 12.0. The number of aryl methyl sites for hydroxylation is 1. The quantitative estimate of drug-likeness (QED) is 0.392. The third-order valence-corrected chi connectivity index (χ3v) is 9.55. The van der Waals surface area contributed by atoms with E-state index >= 15 is 4.39 Å². The highest BCUT2D eigenvalue weighted by atomic mass is 19.1. The minimum Gasteiger partial charge on any atom is -0.461 e. The number of rotatable bonds is 5. The van der Waals surface area contributed by atoms with Crippen molar-refractivity contribution in [2.24, 2.45) is 7.05 Å². The smallest absolute Gasteiger partial charge is 0.319 e. The van der Waals surface area contributed by atoms with Gasteiger partial charge in [-0.2, -0.15) is 9.97 Å². The molecule has 3 N–H and O–H groups in total. The number of nitrogens with two attached hydrogens (primary N) is 1. The van der Waals surface area contributed by atoms with E-state index in [1.807, 2.05) is 23.9 Å². The molecule has 2 atom stereocenters. The fraction of sp³-hybridized carbons (Fsp3) is 0.517. The summed E-state index contributed by atoms with van der Waals surface area (Å²) in [5.74, 6) is 0.577. The SMILES string of the molecule is Cn1cc(-c2ncc3c(N4CC5CCC(C4)N5)nc(OCC45CCCN4CCC5)nc3c2F)c2nc(N)ccc21. The van der Waals surface area contributed by atoms with E-state index in [2.05, 4.69) is 30.1 Å². The molecular formula is C29H34FN9O. The number of nitrogen functional groups attached to an aromatic ring is 1. The van der Waals surface area contributed by atoms with Crippen LogP contribution < -0.4 is 20.7 Å². The Balaban J connectivity index is 1.25. The first-order valence-electron chi connectivity index (χ1n) is 14.4. The molecule has 11 heteroatoms. The standard InChI is InChI=1S/C29H34FN9O/c1-37-15-20(24-21(37)6-7-22(31)34-24)25-23(30)26-19(12-32-25)27(38-13-17-4-5-18(14-38)33-17)36-28(35-26)40-16-29-8-2-10-39(29)11-3-9-29/h6-7,12,15,17-18,33H,2-5,8-11,13-14,16H2,1H3,(H2,31,34). The number of fused-ring (bicyclic) bond motifs is 5. The molecule has 4 aromatic rings. The van der Waals surface area contributed by atoms with Crippen LogP contribution in [0, 0.1) is 5.82 Å². The Bertz CT molecular complexity index is 1620. The zero-order valence-electron chi connectivity index (χ0n) is 22.7. The summed E-state index contributed by atoms with van der Waals surface area (Å²) in [6, 6.07) is 4.68. The summed E-state index contributed by atoms with van der Waals surface area (Å²) in [6.07, 6.45) is 10.4. The van der Waals surface area contributed by atoms with Crippen molar-refractivity contribution in [2.45, 2.75) is 56.1 Å². The average molecular weight is 544 g/mol. The molecule has 0 radical (unpaired) electrons. The molecule has 4 fully saturated rings. The molecule has 0 aliphatic carbocycles. The summed E-state index contributed by atoms with van der Waals surface area (Å²) in [4.78, 5) is 23.5. The number of piperazine rings is 1. The maximum Gasteiger partial charge on any atom is 0.319 e. The van der Waals surface area contributed by atoms with Crippen LogP contribution in [0.25, 0.3) is 33.2 Å². The van der Waals surface area contributed by atoms with E-state index in [0.717, 1.165) is 57.4 Å². The van der Waals surface area contributed by atoms with Crippen molar-refractivity contribution in [1.29, 1.82) is 0 Å². The number of pyridine rings is 2. The van der Waals surface area contributed by atoms with Crippen molar-refractivity contribution >= 4 is 33.6 Å². The minimum atomic E-state index is -0.498. The van der Waals surface area contributed by atoms with E-state index in [1.165, 1.54) is 12.8 Å². The van der Waals surface area contributed by atoms with Crippen molar-refractivity contribution in [3.05, 3.63) is 30.3 Å². The summed E-state index contributed by atoms with van der Waals surface area (Å²) < 4.78 is 24.8. The van der Waals surface area contributed by atoms with Gasteiger partial charge >= 0.3 is 6.01 Å². The maximum absolute atomic E-state index is 16.5. The predicted octanol–water partition coefficient (Wildman–Crippen LogP) is 3.25. The lowest BCUT2D eigenvalue weighted by atomic mass is 9.95. The van der Waals surface area contributed by atoms with E-state index in [9.17, 15) is 0 Å². The maximum atomic E-state index is 16.5. The molecule has 0 spiro atoms. The predicted molar refractivity (Wildman–Crippen MR) is 152 cm³/mol. The number of hydrogen-bond acceptors (Lipinski definition) is 9. The topological polar surface area (TPSA) is 110 Å². The van der Waals surface area contributed by atoms with Gasteiger partial charge in [-0.3, -0.25) is 9.88 Å². The lowest BCUT2D eigenvalue weighted by Gasteiger charge is -2.34. The monoisotopic (exact) mass is 543 g/mol. The zero-order chi connectivity index (χ0) is 27.0. The number of hydrogen-bond donors (Lipinski definition) is 2. The van der Waals surface area contributed by atoms with Gasteiger partial charge in [-0.1, -0.05) is 0 Å². The molecule has 10 nitrogen and oxygen atoms in total. The van der Waals surface area contributed by atoms with Gasteiger partial charge in [0.25, 0.3) is 0 Å². The number of ether oxygens (including phenoxy) is 1. The molecular weight excluding hydrogens is 509 g/mol. The summed E-state index contributed by atoms with van der Waals surface area (Å²) in [5.41, 5.74) is 8.51. The van der Waals surface area contributed by atoms with Crippen molar-refractivity contribution in [1.82, 2.24) is 34.7 Å². The molecule has 0 aromatic carbocycles. The van der Waals surface area contributed by atoms with E-state index < -0.39 is 5.82 Å². The van der Waals surface area contributed by atoms with Gasteiger partial charge < -0.3 is 25.3 Å². The number of aromatic nitrogens is 5. The van der Waals surface area contributed by atoms with Crippen molar-refractivity contribution < 1.29 is 9.13 Å². The first-order valence-corrected chi connectivity index (χ1v) is 14.4. The second-order valence-electron chi connectivity index (χ2n) is 12.0. The Hall–Kier alpha value is -3.57. The van der Waals surface area contributed by atoms with Gasteiger partial charge in [-0.25, -0.2) is 9.37 Å². The molecule has 4 saturated heterocycles. The Kier molecular flexibility index (Phi) is 5.44. The normalized spacial score (nSPS) is 23.9. The van der Waals surface area contributed by atoms with E-state index in [4.69, 9.17) is 15.5 Å². The highest BCUT2D eigenvalue weighted by Gasteiger charge is 2.45. The lowest BCUT2D eigenvalue weighted by Crippen LogP contribution is -2.51. The number of halogens is 1. The van der Waals surface area contributed by atoms with E-state index in [1.54, 1.807) is 12.3 Å². The Morgan fingerprint density at radius 3 is 2.62 bits per heavy atom. The molecule has 4 aliphatic rings. The highest BCUT2D eigenvalue weighted by molar-refractivity contribution is 5.97. The van der Waals surface area contributed by atoms with Crippen LogP contribution in [0.3, 0.4) is 0 Å². The second kappa shape index (κ2) is 8.97. The first-order chi connectivity index (χ1) is 19.5. The molecule has 4 aliphatic heterocycles. The highest BCUT2D eigenvalue weighted by Crippen LogP contribution is 2.40. The van der Waals surface area contributed by atoms with Crippen molar-refractivity contribution in [3.63, 3.8) is 0 Å². The third kappa shape index (κ3) is 3.74.